The number of carbonyl (C=O) groups is 1. The van der Waals surface area contributed by atoms with Crippen molar-refractivity contribution in [2.45, 2.75) is 12.3 Å². The molecule has 0 heterocycles. The molecule has 0 saturated heterocycles. The van der Waals surface area contributed by atoms with Gasteiger partial charge in [0.25, 0.3) is 5.91 Å². The highest BCUT2D eigenvalue weighted by Gasteiger charge is 2.25. The molecule has 3 rings (SSSR count). The van der Waals surface area contributed by atoms with Gasteiger partial charge in [0.2, 0.25) is 0 Å². The fourth-order valence-corrected chi connectivity index (χ4v) is 2.57. The van der Waals surface area contributed by atoms with Crippen molar-refractivity contribution in [2.24, 2.45) is 0 Å². The average molecular weight is 269 g/mol. The molecule has 1 aliphatic rings. The largest absolute Gasteiger partial charge is 0.508 e. The maximum absolute atomic E-state index is 12.0. The van der Waals surface area contributed by atoms with Gasteiger partial charge in [-0.25, -0.2) is 0 Å². The van der Waals surface area contributed by atoms with Crippen LogP contribution in [0.4, 0.5) is 0 Å². The summed E-state index contributed by atoms with van der Waals surface area (Å²) in [6, 6.07) is 12.1. The van der Waals surface area contributed by atoms with E-state index in [4.69, 9.17) is 0 Å². The molecule has 0 aliphatic heterocycles. The van der Waals surface area contributed by atoms with Crippen LogP contribution in [-0.2, 0) is 6.42 Å². The normalized spacial score (nSPS) is 16.1. The summed E-state index contributed by atoms with van der Waals surface area (Å²) in [7, 11) is 0. The molecule has 0 aromatic heterocycles. The fourth-order valence-electron chi connectivity index (χ4n) is 2.57. The summed E-state index contributed by atoms with van der Waals surface area (Å²) in [6.45, 7) is 0.552. The number of carbonyl (C=O) groups excluding carboxylic acids is 1. The molecule has 20 heavy (non-hydrogen) atoms. The van der Waals surface area contributed by atoms with Crippen LogP contribution in [0.1, 0.15) is 27.4 Å². The Morgan fingerprint density at radius 1 is 1.20 bits per heavy atom. The lowest BCUT2D eigenvalue weighted by atomic mass is 9.77. The molecule has 2 aromatic rings. The van der Waals surface area contributed by atoms with E-state index in [2.05, 4.69) is 17.4 Å². The molecule has 102 valence electrons. The van der Waals surface area contributed by atoms with Crippen molar-refractivity contribution >= 4 is 5.91 Å². The zero-order chi connectivity index (χ0) is 14.1. The molecular weight excluding hydrogens is 254 g/mol. The zero-order valence-electron chi connectivity index (χ0n) is 10.8. The maximum Gasteiger partial charge on any atom is 0.255 e. The zero-order valence-corrected chi connectivity index (χ0v) is 10.8. The Labute approximate surface area is 116 Å². The molecule has 0 fully saturated rings. The van der Waals surface area contributed by atoms with E-state index in [0.717, 1.165) is 12.5 Å². The molecule has 4 heteroatoms. The van der Waals surface area contributed by atoms with Crippen molar-refractivity contribution < 1.29 is 15.0 Å². The number of phenolic OH excluding ortho intramolecular Hbond substituents is 2. The molecule has 1 aliphatic carbocycles. The minimum absolute atomic E-state index is 0.0630. The highest BCUT2D eigenvalue weighted by molar-refractivity contribution is 5.97. The van der Waals surface area contributed by atoms with Gasteiger partial charge < -0.3 is 15.5 Å². The van der Waals surface area contributed by atoms with Gasteiger partial charge >= 0.3 is 0 Å². The summed E-state index contributed by atoms with van der Waals surface area (Å²) in [4.78, 5) is 12.0. The summed E-state index contributed by atoms with van der Waals surface area (Å²) in [6.07, 6.45) is 0.970. The van der Waals surface area contributed by atoms with Crippen LogP contribution in [0.2, 0.25) is 0 Å². The van der Waals surface area contributed by atoms with E-state index < -0.39 is 0 Å². The Balaban J connectivity index is 1.64. The number of hydrogen-bond acceptors (Lipinski definition) is 3. The second-order valence-electron chi connectivity index (χ2n) is 5.01. The van der Waals surface area contributed by atoms with Crippen LogP contribution in [0, 0.1) is 0 Å². The number of rotatable bonds is 3. The number of amides is 1. The van der Waals surface area contributed by atoms with Crippen LogP contribution in [0.3, 0.4) is 0 Å². The molecule has 0 radical (unpaired) electrons. The molecule has 1 unspecified atom stereocenters. The lowest BCUT2D eigenvalue weighted by molar-refractivity contribution is 0.0947. The predicted molar refractivity (Wildman–Crippen MR) is 75.0 cm³/mol. The third kappa shape index (κ3) is 2.20. The second kappa shape index (κ2) is 4.89. The maximum atomic E-state index is 12.0. The number of phenols is 2. The molecule has 0 spiro atoms. The minimum atomic E-state index is -0.327. The van der Waals surface area contributed by atoms with Gasteiger partial charge in [0.05, 0.1) is 5.56 Å². The van der Waals surface area contributed by atoms with Gasteiger partial charge in [-0.3, -0.25) is 4.79 Å². The third-order valence-electron chi connectivity index (χ3n) is 3.70. The molecule has 4 nitrogen and oxygen atoms in total. The molecule has 2 aromatic carbocycles. The van der Waals surface area contributed by atoms with Crippen molar-refractivity contribution in [3.8, 4) is 11.5 Å². The van der Waals surface area contributed by atoms with Crippen molar-refractivity contribution in [1.82, 2.24) is 5.32 Å². The summed E-state index contributed by atoms with van der Waals surface area (Å²) in [5.74, 6) is -0.259. The molecular formula is C16H15NO3. The minimum Gasteiger partial charge on any atom is -0.508 e. The molecule has 1 amide bonds. The highest BCUT2D eigenvalue weighted by atomic mass is 16.3. The van der Waals surface area contributed by atoms with Gasteiger partial charge in [0.15, 0.2) is 0 Å². The second-order valence-corrected chi connectivity index (χ2v) is 5.01. The van der Waals surface area contributed by atoms with Crippen LogP contribution in [-0.4, -0.2) is 22.7 Å². The molecule has 0 bridgehead atoms. The highest BCUT2D eigenvalue weighted by Crippen LogP contribution is 2.34. The number of aromatic hydroxyl groups is 2. The van der Waals surface area contributed by atoms with Gasteiger partial charge in [-0.1, -0.05) is 24.3 Å². The Morgan fingerprint density at radius 3 is 2.75 bits per heavy atom. The van der Waals surface area contributed by atoms with Crippen LogP contribution in [0.25, 0.3) is 0 Å². The first-order valence-corrected chi connectivity index (χ1v) is 6.53. The number of fused-ring (bicyclic) bond motifs is 1. The smallest absolute Gasteiger partial charge is 0.255 e. The van der Waals surface area contributed by atoms with E-state index in [1.807, 2.05) is 12.1 Å². The standard InChI is InChI=1S/C16H15NO3/c18-12-5-6-14(15(19)8-12)16(20)17-9-11-7-10-3-1-2-4-13(10)11/h1-6,8,11,18-19H,7,9H2,(H,17,20). The quantitative estimate of drug-likeness (QED) is 0.799. The van der Waals surface area contributed by atoms with Crippen molar-refractivity contribution in [1.29, 1.82) is 0 Å². The summed E-state index contributed by atoms with van der Waals surface area (Å²) in [5, 5.41) is 21.7. The Kier molecular flexibility index (Phi) is 3.06. The van der Waals surface area contributed by atoms with E-state index in [-0.39, 0.29) is 23.0 Å². The van der Waals surface area contributed by atoms with Crippen LogP contribution in [0.5, 0.6) is 11.5 Å². The van der Waals surface area contributed by atoms with Gasteiger partial charge in [-0.2, -0.15) is 0 Å². The van der Waals surface area contributed by atoms with Gasteiger partial charge in [0, 0.05) is 18.5 Å². The summed E-state index contributed by atoms with van der Waals surface area (Å²) < 4.78 is 0. The molecule has 0 saturated carbocycles. The van der Waals surface area contributed by atoms with Gasteiger partial charge in [-0.15, -0.1) is 0 Å². The lowest BCUT2D eigenvalue weighted by Crippen LogP contribution is -2.33. The number of hydrogen-bond donors (Lipinski definition) is 3. The number of benzene rings is 2. The summed E-state index contributed by atoms with van der Waals surface area (Å²) in [5.41, 5.74) is 2.79. The predicted octanol–water partition coefficient (Wildman–Crippen LogP) is 2.17. The Bertz CT molecular complexity index is 667. The van der Waals surface area contributed by atoms with E-state index >= 15 is 0 Å². The van der Waals surface area contributed by atoms with E-state index in [1.54, 1.807) is 0 Å². The topological polar surface area (TPSA) is 69.6 Å². The Hall–Kier alpha value is -2.49. The first-order valence-electron chi connectivity index (χ1n) is 6.53. The monoisotopic (exact) mass is 269 g/mol. The molecule has 3 N–H and O–H groups in total. The Morgan fingerprint density at radius 2 is 2.00 bits per heavy atom. The van der Waals surface area contributed by atoms with Crippen LogP contribution >= 0.6 is 0 Å². The molecule has 1 atom stereocenters. The summed E-state index contributed by atoms with van der Waals surface area (Å²) >= 11 is 0. The van der Waals surface area contributed by atoms with Crippen molar-refractivity contribution in [2.75, 3.05) is 6.54 Å². The van der Waals surface area contributed by atoms with Gasteiger partial charge in [-0.05, 0) is 29.7 Å². The van der Waals surface area contributed by atoms with Crippen molar-refractivity contribution in [3.05, 3.63) is 59.2 Å². The van der Waals surface area contributed by atoms with E-state index in [9.17, 15) is 15.0 Å². The average Bonchev–Trinajstić information content (AvgIpc) is 2.39. The fraction of sp³-hybridized carbons (Fsp3) is 0.188. The lowest BCUT2D eigenvalue weighted by Gasteiger charge is -2.30. The first-order chi connectivity index (χ1) is 9.65. The van der Waals surface area contributed by atoms with E-state index in [1.165, 1.54) is 23.3 Å². The van der Waals surface area contributed by atoms with Crippen molar-refractivity contribution in [3.63, 3.8) is 0 Å². The van der Waals surface area contributed by atoms with Gasteiger partial charge in [0.1, 0.15) is 11.5 Å². The van der Waals surface area contributed by atoms with Crippen LogP contribution < -0.4 is 5.32 Å². The first kappa shape index (κ1) is 12.5. The number of nitrogens with one attached hydrogen (secondary N) is 1. The van der Waals surface area contributed by atoms with Crippen LogP contribution in [0.15, 0.2) is 42.5 Å². The SMILES string of the molecule is O=C(NCC1Cc2ccccc21)c1ccc(O)cc1O. The van der Waals surface area contributed by atoms with E-state index in [0.29, 0.717) is 12.5 Å². The third-order valence-corrected chi connectivity index (χ3v) is 3.70.